The van der Waals surface area contributed by atoms with E-state index in [1.54, 1.807) is 0 Å². The van der Waals surface area contributed by atoms with Gasteiger partial charge in [0.1, 0.15) is 17.3 Å². The number of nitrogens with zero attached hydrogens (tertiary/aromatic N) is 4. The van der Waals surface area contributed by atoms with Crippen molar-refractivity contribution in [3.8, 4) is 50.7 Å². The molecule has 3 aliphatic rings. The predicted octanol–water partition coefficient (Wildman–Crippen LogP) is 16.1. The molecule has 0 radical (unpaired) electrons. The van der Waals surface area contributed by atoms with E-state index in [-0.39, 0.29) is 10.8 Å². The molecule has 0 atom stereocenters. The Balaban J connectivity index is 0.862. The highest BCUT2D eigenvalue weighted by molar-refractivity contribution is 6.09. The van der Waals surface area contributed by atoms with E-state index >= 15 is 0 Å². The molecular weight excluding hydrogens is 853 g/mol. The van der Waals surface area contributed by atoms with Crippen LogP contribution in [0.5, 0.6) is 11.5 Å². The van der Waals surface area contributed by atoms with Crippen molar-refractivity contribution in [2.45, 2.75) is 31.6 Å². The Bertz CT molecular complexity index is 4040. The average Bonchev–Trinajstić information content (AvgIpc) is 4.12. The zero-order valence-corrected chi connectivity index (χ0v) is 39.1. The predicted molar refractivity (Wildman–Crippen MR) is 286 cm³/mol. The summed E-state index contributed by atoms with van der Waals surface area (Å²) in [6.07, 6.45) is 1.92. The third-order valence-electron chi connectivity index (χ3n) is 14.8. The molecule has 5 heteroatoms. The molecule has 0 saturated heterocycles. The third kappa shape index (κ3) is 5.83. The molecule has 2 aromatic heterocycles. The van der Waals surface area contributed by atoms with Crippen molar-refractivity contribution in [2.75, 3.05) is 0 Å². The molecule has 0 fully saturated rings. The van der Waals surface area contributed by atoms with Crippen molar-refractivity contribution in [1.29, 1.82) is 0 Å². The van der Waals surface area contributed by atoms with Gasteiger partial charge in [0, 0.05) is 47.3 Å². The van der Waals surface area contributed by atoms with Gasteiger partial charge >= 0.3 is 6.01 Å². The number of rotatable bonds is 6. The maximum atomic E-state index is 6.76. The molecule has 70 heavy (non-hydrogen) atoms. The number of benzene rings is 9. The topological polar surface area (TPSA) is 33.1 Å². The van der Waals surface area contributed by atoms with Gasteiger partial charge in [-0.05, 0) is 119 Å². The van der Waals surface area contributed by atoms with E-state index < -0.39 is 0 Å². The van der Waals surface area contributed by atoms with Crippen LogP contribution in [0.1, 0.15) is 48.6 Å². The second kappa shape index (κ2) is 15.1. The summed E-state index contributed by atoms with van der Waals surface area (Å²) in [5.41, 5.74) is 19.9. The highest BCUT2D eigenvalue weighted by atomic mass is 16.5. The fourth-order valence-corrected chi connectivity index (χ4v) is 11.7. The lowest BCUT2D eigenvalue weighted by molar-refractivity contribution is 0.483. The van der Waals surface area contributed by atoms with Crippen LogP contribution < -0.4 is 13.9 Å². The summed E-state index contributed by atoms with van der Waals surface area (Å²) in [6.45, 7) is 6.71. The summed E-state index contributed by atoms with van der Waals surface area (Å²) in [4.78, 5) is 4.89. The summed E-state index contributed by atoms with van der Waals surface area (Å²) < 4.78 is 13.4. The van der Waals surface area contributed by atoms with Crippen molar-refractivity contribution in [3.63, 3.8) is 0 Å². The minimum Gasteiger partial charge on any atom is -0.457 e. The Hall–Kier alpha value is -8.89. The zero-order chi connectivity index (χ0) is 46.7. The Kier molecular flexibility index (Phi) is 8.65. The van der Waals surface area contributed by atoms with Crippen LogP contribution in [0, 0.1) is 0 Å². The number of hydrogen-bond donors (Lipinski definition) is 0. The Morgan fingerprint density at radius 1 is 0.457 bits per heavy atom. The zero-order valence-electron chi connectivity index (χ0n) is 39.1. The Labute approximate surface area is 406 Å². The summed E-state index contributed by atoms with van der Waals surface area (Å²) in [5, 5.41) is 2.33. The van der Waals surface area contributed by atoms with E-state index in [1.165, 1.54) is 55.5 Å². The summed E-state index contributed by atoms with van der Waals surface area (Å²) in [6, 6.07) is 82.7. The lowest BCUT2D eigenvalue weighted by Gasteiger charge is -2.30. The number of pyridine rings is 1. The number of hydrogen-bond acceptors (Lipinski definition) is 2. The van der Waals surface area contributed by atoms with Crippen LogP contribution >= 0.6 is 0 Å². The van der Waals surface area contributed by atoms with Gasteiger partial charge < -0.3 is 4.74 Å². The third-order valence-corrected chi connectivity index (χ3v) is 14.8. The highest BCUT2D eigenvalue weighted by Gasteiger charge is 2.51. The first-order valence-corrected chi connectivity index (χ1v) is 24.1. The fourth-order valence-electron chi connectivity index (χ4n) is 11.7. The van der Waals surface area contributed by atoms with Crippen molar-refractivity contribution in [1.82, 2.24) is 18.7 Å². The molecule has 3 heterocycles. The Morgan fingerprint density at radius 3 is 1.77 bits per heavy atom. The first-order chi connectivity index (χ1) is 34.3. The molecule has 0 unspecified atom stereocenters. The maximum absolute atomic E-state index is 6.76. The number of para-hydroxylation sites is 4. The molecule has 9 aromatic carbocycles. The van der Waals surface area contributed by atoms with Crippen molar-refractivity contribution in [2.24, 2.45) is 0 Å². The molecule has 0 bridgehead atoms. The molecule has 5 nitrogen and oxygen atoms in total. The molecule has 14 rings (SSSR count). The largest absolute Gasteiger partial charge is 0.503 e. The van der Waals surface area contributed by atoms with Crippen LogP contribution in [0.25, 0.3) is 61.0 Å². The van der Waals surface area contributed by atoms with Crippen molar-refractivity contribution < 1.29 is 4.74 Å². The van der Waals surface area contributed by atoms with Gasteiger partial charge in [0.25, 0.3) is 11.4 Å². The second-order valence-corrected chi connectivity index (χ2v) is 19.7. The van der Waals surface area contributed by atoms with Crippen LogP contribution in [0.15, 0.2) is 225 Å². The van der Waals surface area contributed by atoms with E-state index in [0.29, 0.717) is 0 Å². The lowest BCUT2D eigenvalue weighted by atomic mass is 9.70. The molecule has 11 aromatic rings. The van der Waals surface area contributed by atoms with Gasteiger partial charge in [0.05, 0.1) is 28.1 Å². The highest BCUT2D eigenvalue weighted by Crippen LogP contribution is 2.63. The standard InChI is InChI=1S/C65H46N4O/c1-64(2,3)43-35-36-66-63(38-43)69-59-28-13-8-23-51(59)52-33-32-46(40-62(52)69)70-45-18-16-17-44(39-45)67-41-68(61-30-15-14-29-60(61)67)58-27-12-7-19-47(58)42-31-34-57-53(37-42)50-22-6-11-26-56(50)65(57)54-24-9-4-20-48(54)49-21-5-10-25-55(49)65/h4-40H,1-3H3/q+2. The minimum absolute atomic E-state index is 0.0158. The van der Waals surface area contributed by atoms with E-state index in [1.807, 2.05) is 12.3 Å². The summed E-state index contributed by atoms with van der Waals surface area (Å²) in [5.74, 6) is 2.36. The van der Waals surface area contributed by atoms with Gasteiger partial charge in [-0.2, -0.15) is 0 Å². The fraction of sp³-hybridized carbons (Fsp3) is 0.0769. The van der Waals surface area contributed by atoms with Gasteiger partial charge in [-0.25, -0.2) is 4.98 Å². The second-order valence-electron chi connectivity index (χ2n) is 19.7. The average molecular weight is 899 g/mol. The van der Waals surface area contributed by atoms with E-state index in [0.717, 1.165) is 67.6 Å². The lowest BCUT2D eigenvalue weighted by Crippen LogP contribution is -2.25. The van der Waals surface area contributed by atoms with Crippen LogP contribution in [0.3, 0.4) is 0 Å². The van der Waals surface area contributed by atoms with Gasteiger partial charge in [-0.1, -0.05) is 154 Å². The Morgan fingerprint density at radius 2 is 1.04 bits per heavy atom. The molecule has 1 spiro atoms. The number of aromatic nitrogens is 2. The van der Waals surface area contributed by atoms with E-state index in [2.05, 4.69) is 253 Å². The van der Waals surface area contributed by atoms with Gasteiger partial charge in [0.2, 0.25) is 11.4 Å². The van der Waals surface area contributed by atoms with Crippen LogP contribution in [-0.2, 0) is 10.8 Å². The first kappa shape index (κ1) is 40.2. The number of fused-ring (bicyclic) bond motifs is 14. The van der Waals surface area contributed by atoms with Gasteiger partial charge in [-0.3, -0.25) is 4.57 Å². The maximum Gasteiger partial charge on any atom is 0.503 e. The van der Waals surface area contributed by atoms with Crippen molar-refractivity contribution >= 4 is 50.6 Å². The molecule has 2 aliphatic carbocycles. The van der Waals surface area contributed by atoms with Crippen LogP contribution in [0.2, 0.25) is 0 Å². The normalized spacial score (nSPS) is 13.7. The molecule has 1 aliphatic heterocycles. The summed E-state index contributed by atoms with van der Waals surface area (Å²) >= 11 is 0. The molecule has 0 N–H and O–H groups in total. The smallest absolute Gasteiger partial charge is 0.457 e. The molecule has 0 amide bonds. The van der Waals surface area contributed by atoms with Gasteiger partial charge in [-0.15, -0.1) is 0 Å². The van der Waals surface area contributed by atoms with Gasteiger partial charge in [0.15, 0.2) is 0 Å². The molecule has 330 valence electrons. The SMILES string of the molecule is CC(C)(C)c1ccnc(-n2c3ccccc3c3ccc(Oc4cccc([N+]5=C=[N+](c6ccccc6-c6ccc7c(c6)-c6ccccc6C76c7ccccc7-c7ccccc76)c6ccccc65)c4)cc32)c1. The minimum atomic E-state index is -0.381. The molecule has 0 saturated carbocycles. The van der Waals surface area contributed by atoms with Crippen LogP contribution in [0.4, 0.5) is 22.7 Å². The van der Waals surface area contributed by atoms with Crippen molar-refractivity contribution in [3.05, 3.63) is 252 Å². The summed E-state index contributed by atoms with van der Waals surface area (Å²) in [7, 11) is 0. The quantitative estimate of drug-likeness (QED) is 0.156. The first-order valence-electron chi connectivity index (χ1n) is 24.1. The monoisotopic (exact) mass is 898 g/mol. The number of ether oxygens (including phenoxy) is 1. The van der Waals surface area contributed by atoms with E-state index in [9.17, 15) is 0 Å². The van der Waals surface area contributed by atoms with Crippen LogP contribution in [-0.4, -0.2) is 15.6 Å². The van der Waals surface area contributed by atoms with E-state index in [4.69, 9.17) is 9.72 Å². The molecular formula is C65H46N4O+2.